The second kappa shape index (κ2) is 6.99. The predicted octanol–water partition coefficient (Wildman–Crippen LogP) is 4.51. The summed E-state index contributed by atoms with van der Waals surface area (Å²) in [4.78, 5) is 12.3. The molecule has 1 aliphatic heterocycles. The van der Waals surface area contributed by atoms with E-state index in [0.29, 0.717) is 12.5 Å². The van der Waals surface area contributed by atoms with Gasteiger partial charge >= 0.3 is 0 Å². The zero-order valence-corrected chi connectivity index (χ0v) is 16.6. The minimum absolute atomic E-state index is 0.00343. The maximum absolute atomic E-state index is 14.1. The number of nitrogens with one attached hydrogen (secondary N) is 2. The highest BCUT2D eigenvalue weighted by Crippen LogP contribution is 2.42. The monoisotopic (exact) mass is 396 g/mol. The van der Waals surface area contributed by atoms with E-state index in [9.17, 15) is 4.39 Å². The molecule has 1 aliphatic carbocycles. The number of alkyl halides is 1. The fraction of sp³-hybridized carbons (Fsp3) is 0.455. The highest BCUT2D eigenvalue weighted by molar-refractivity contribution is 5.88. The Morgan fingerprint density at radius 1 is 1.28 bits per heavy atom. The molecule has 1 saturated carbocycles. The smallest absolute Gasteiger partial charge is 0.143 e. The molecule has 2 atom stereocenters. The number of rotatable bonds is 6. The molecule has 1 fully saturated rings. The van der Waals surface area contributed by atoms with Crippen LogP contribution in [0.4, 0.5) is 10.2 Å². The number of aromatic nitrogens is 3. The van der Waals surface area contributed by atoms with Crippen molar-refractivity contribution in [2.75, 3.05) is 18.5 Å². The van der Waals surface area contributed by atoms with Crippen LogP contribution in [0.25, 0.3) is 11.0 Å². The number of nitrogens with zero attached hydrogens (tertiary/aromatic N) is 2. The van der Waals surface area contributed by atoms with Crippen molar-refractivity contribution in [3.8, 4) is 5.75 Å². The Morgan fingerprint density at radius 2 is 2.10 bits per heavy atom. The van der Waals surface area contributed by atoms with E-state index < -0.39 is 5.67 Å². The van der Waals surface area contributed by atoms with Crippen LogP contribution in [0.2, 0.25) is 0 Å². The molecule has 1 aromatic carbocycles. The summed E-state index contributed by atoms with van der Waals surface area (Å²) in [6.07, 6.45) is 3.65. The minimum atomic E-state index is -1.41. The third-order valence-electron chi connectivity index (χ3n) is 5.43. The van der Waals surface area contributed by atoms with Crippen LogP contribution in [0.3, 0.4) is 0 Å². The van der Waals surface area contributed by atoms with Crippen molar-refractivity contribution in [1.82, 2.24) is 15.0 Å². The van der Waals surface area contributed by atoms with Gasteiger partial charge in [-0.2, -0.15) is 0 Å². The van der Waals surface area contributed by atoms with Gasteiger partial charge in [-0.1, -0.05) is 18.2 Å². The van der Waals surface area contributed by atoms with E-state index >= 15 is 0 Å². The molecule has 3 heterocycles. The van der Waals surface area contributed by atoms with Crippen molar-refractivity contribution in [1.29, 1.82) is 0 Å². The normalized spacial score (nSPS) is 21.6. The second-order valence-corrected chi connectivity index (χ2v) is 8.52. The van der Waals surface area contributed by atoms with Gasteiger partial charge in [0.15, 0.2) is 0 Å². The van der Waals surface area contributed by atoms with E-state index in [4.69, 9.17) is 9.47 Å². The first kappa shape index (κ1) is 18.4. The summed E-state index contributed by atoms with van der Waals surface area (Å²) in [5, 5.41) is 4.50. The quantitative estimate of drug-likeness (QED) is 0.641. The number of fused-ring (bicyclic) bond motifs is 2. The molecule has 0 saturated heterocycles. The zero-order chi connectivity index (χ0) is 20.0. The lowest BCUT2D eigenvalue weighted by Gasteiger charge is -2.35. The molecule has 152 valence electrons. The van der Waals surface area contributed by atoms with Gasteiger partial charge in [0.1, 0.15) is 41.9 Å². The van der Waals surface area contributed by atoms with Gasteiger partial charge < -0.3 is 19.8 Å². The van der Waals surface area contributed by atoms with Crippen LogP contribution in [-0.4, -0.2) is 39.9 Å². The van der Waals surface area contributed by atoms with Crippen LogP contribution < -0.4 is 10.1 Å². The largest absolute Gasteiger partial charge is 0.490 e. The lowest BCUT2D eigenvalue weighted by molar-refractivity contribution is -0.0457. The highest BCUT2D eigenvalue weighted by Gasteiger charge is 2.34. The molecule has 0 radical (unpaired) electrons. The first-order valence-corrected chi connectivity index (χ1v) is 10.1. The average Bonchev–Trinajstić information content (AvgIpc) is 3.45. The standard InChI is InChI=1S/C22H25FN4O2/c1-22(2,23)11-29-18-10-28-17-6-4-3-5-14(17)19(18)27-21-15-9-16(13-7-8-13)26-20(15)24-12-25-21/h3-6,9,12-13,18-19H,7-8,10-11H2,1-2H3,(H2,24,25,26,27). The van der Waals surface area contributed by atoms with Gasteiger partial charge in [-0.15, -0.1) is 0 Å². The molecular weight excluding hydrogens is 371 g/mol. The Hall–Kier alpha value is -2.67. The van der Waals surface area contributed by atoms with Gasteiger partial charge in [0.05, 0.1) is 18.0 Å². The van der Waals surface area contributed by atoms with Gasteiger partial charge in [-0.05, 0) is 44.7 Å². The molecule has 0 bridgehead atoms. The number of anilines is 1. The maximum atomic E-state index is 14.1. The zero-order valence-electron chi connectivity index (χ0n) is 16.6. The van der Waals surface area contributed by atoms with Crippen molar-refractivity contribution in [3.05, 3.63) is 47.9 Å². The highest BCUT2D eigenvalue weighted by atomic mass is 19.1. The van der Waals surface area contributed by atoms with E-state index in [1.165, 1.54) is 32.4 Å². The first-order valence-electron chi connectivity index (χ1n) is 10.1. The summed E-state index contributed by atoms with van der Waals surface area (Å²) in [5.74, 6) is 2.15. The molecular formula is C22H25FN4O2. The summed E-state index contributed by atoms with van der Waals surface area (Å²) in [6, 6.07) is 9.79. The molecule has 5 rings (SSSR count). The first-order chi connectivity index (χ1) is 14.0. The minimum Gasteiger partial charge on any atom is -0.490 e. The Balaban J connectivity index is 1.48. The maximum Gasteiger partial charge on any atom is 0.143 e. The third-order valence-corrected chi connectivity index (χ3v) is 5.43. The van der Waals surface area contributed by atoms with Gasteiger partial charge in [0.25, 0.3) is 0 Å². The molecule has 0 spiro atoms. The predicted molar refractivity (Wildman–Crippen MR) is 109 cm³/mol. The van der Waals surface area contributed by atoms with Crippen LogP contribution in [0.1, 0.15) is 49.9 Å². The van der Waals surface area contributed by atoms with Gasteiger partial charge in [-0.3, -0.25) is 0 Å². The number of benzene rings is 1. The molecule has 29 heavy (non-hydrogen) atoms. The summed E-state index contributed by atoms with van der Waals surface area (Å²) >= 11 is 0. The number of para-hydroxylation sites is 1. The summed E-state index contributed by atoms with van der Waals surface area (Å²) in [6.45, 7) is 3.37. The fourth-order valence-electron chi connectivity index (χ4n) is 3.79. The molecule has 2 aliphatic rings. The van der Waals surface area contributed by atoms with Gasteiger partial charge in [0.2, 0.25) is 0 Å². The van der Waals surface area contributed by atoms with Crippen LogP contribution in [0.15, 0.2) is 36.7 Å². The van der Waals surface area contributed by atoms with Crippen LogP contribution in [0, 0.1) is 0 Å². The summed E-state index contributed by atoms with van der Waals surface area (Å²) in [7, 11) is 0. The number of H-pyrrole nitrogens is 1. The average molecular weight is 396 g/mol. The summed E-state index contributed by atoms with van der Waals surface area (Å²) < 4.78 is 25.9. The molecule has 2 N–H and O–H groups in total. The van der Waals surface area contributed by atoms with Crippen molar-refractivity contribution >= 4 is 16.9 Å². The molecule has 3 aromatic rings. The Labute approximate surface area is 168 Å². The van der Waals surface area contributed by atoms with Crippen molar-refractivity contribution in [2.24, 2.45) is 0 Å². The number of halogens is 1. The van der Waals surface area contributed by atoms with E-state index in [1.807, 2.05) is 24.3 Å². The van der Waals surface area contributed by atoms with Gasteiger partial charge in [0, 0.05) is 11.3 Å². The molecule has 6 nitrogen and oxygen atoms in total. The van der Waals surface area contributed by atoms with Gasteiger partial charge in [-0.25, -0.2) is 14.4 Å². The Kier molecular flexibility index (Phi) is 4.42. The molecule has 0 amide bonds. The fourth-order valence-corrected chi connectivity index (χ4v) is 3.79. The Morgan fingerprint density at radius 3 is 2.90 bits per heavy atom. The topological polar surface area (TPSA) is 72.1 Å². The number of hydrogen-bond acceptors (Lipinski definition) is 5. The second-order valence-electron chi connectivity index (χ2n) is 8.52. The third kappa shape index (κ3) is 3.79. The number of hydrogen-bond donors (Lipinski definition) is 2. The SMILES string of the molecule is CC(C)(F)COC1COc2ccccc2C1Nc1ncnc2[nH]c(C3CC3)cc12. The van der Waals surface area contributed by atoms with E-state index in [2.05, 4.69) is 26.3 Å². The van der Waals surface area contributed by atoms with Crippen molar-refractivity contribution in [2.45, 2.75) is 50.4 Å². The number of aromatic amines is 1. The molecule has 7 heteroatoms. The van der Waals surface area contributed by atoms with E-state index in [-0.39, 0.29) is 18.8 Å². The van der Waals surface area contributed by atoms with Crippen LogP contribution in [0.5, 0.6) is 5.75 Å². The van der Waals surface area contributed by atoms with Crippen LogP contribution in [-0.2, 0) is 4.74 Å². The summed E-state index contributed by atoms with van der Waals surface area (Å²) in [5.41, 5.74) is 1.60. The van der Waals surface area contributed by atoms with E-state index in [0.717, 1.165) is 28.2 Å². The van der Waals surface area contributed by atoms with E-state index in [1.54, 1.807) is 6.33 Å². The van der Waals surface area contributed by atoms with Crippen molar-refractivity contribution < 1.29 is 13.9 Å². The molecule has 2 aromatic heterocycles. The number of ether oxygens (including phenoxy) is 2. The molecule has 2 unspecified atom stereocenters. The lowest BCUT2D eigenvalue weighted by Crippen LogP contribution is -2.40. The Bertz CT molecular complexity index is 1030. The van der Waals surface area contributed by atoms with Crippen molar-refractivity contribution in [3.63, 3.8) is 0 Å². The lowest BCUT2D eigenvalue weighted by atomic mass is 9.97. The van der Waals surface area contributed by atoms with Crippen LogP contribution >= 0.6 is 0 Å².